The van der Waals surface area contributed by atoms with Crippen molar-refractivity contribution in [3.05, 3.63) is 11.1 Å². The number of oxime groups is 1. The SMILES string of the molecule is CON=C(C([NH])=O)c1csc(N)n1. The molecule has 0 aliphatic carbocycles. The van der Waals surface area contributed by atoms with E-state index < -0.39 is 5.91 Å². The summed E-state index contributed by atoms with van der Waals surface area (Å²) in [4.78, 5) is 18.9. The monoisotopic (exact) mass is 199 g/mol. The van der Waals surface area contributed by atoms with E-state index in [9.17, 15) is 4.79 Å². The largest absolute Gasteiger partial charge is 0.398 e. The van der Waals surface area contributed by atoms with Crippen LogP contribution in [0.5, 0.6) is 0 Å². The third-order valence-corrected chi connectivity index (χ3v) is 1.84. The van der Waals surface area contributed by atoms with Crippen LogP contribution < -0.4 is 11.5 Å². The summed E-state index contributed by atoms with van der Waals surface area (Å²) in [6.07, 6.45) is 0. The summed E-state index contributed by atoms with van der Waals surface area (Å²) in [5, 5.41) is 5.24. The Morgan fingerprint density at radius 2 is 2.54 bits per heavy atom. The Labute approximate surface area is 78.2 Å². The first-order chi connectivity index (χ1) is 6.15. The third-order valence-electron chi connectivity index (χ3n) is 1.16. The summed E-state index contributed by atoms with van der Waals surface area (Å²) in [6, 6.07) is 0. The molecule has 69 valence electrons. The number of amides is 1. The highest BCUT2D eigenvalue weighted by atomic mass is 32.1. The van der Waals surface area contributed by atoms with Crippen LogP contribution in [0.15, 0.2) is 10.5 Å². The molecule has 1 aromatic heterocycles. The lowest BCUT2D eigenvalue weighted by atomic mass is 10.3. The second-order valence-corrected chi connectivity index (χ2v) is 2.91. The van der Waals surface area contributed by atoms with E-state index in [-0.39, 0.29) is 11.4 Å². The first kappa shape index (κ1) is 9.46. The van der Waals surface area contributed by atoms with E-state index >= 15 is 0 Å². The number of nitrogens with zero attached hydrogens (tertiary/aromatic N) is 2. The predicted octanol–water partition coefficient (Wildman–Crippen LogP) is -0.115. The van der Waals surface area contributed by atoms with Gasteiger partial charge in [0.2, 0.25) is 0 Å². The average molecular weight is 199 g/mol. The van der Waals surface area contributed by atoms with Crippen molar-refractivity contribution in [2.45, 2.75) is 0 Å². The van der Waals surface area contributed by atoms with E-state index in [2.05, 4.69) is 15.0 Å². The first-order valence-corrected chi connectivity index (χ1v) is 4.11. The Bertz CT molecular complexity index is 346. The molecule has 1 amide bonds. The van der Waals surface area contributed by atoms with Gasteiger partial charge >= 0.3 is 0 Å². The van der Waals surface area contributed by atoms with Crippen molar-refractivity contribution in [1.29, 1.82) is 0 Å². The van der Waals surface area contributed by atoms with Crippen molar-refractivity contribution in [3.8, 4) is 0 Å². The Morgan fingerprint density at radius 1 is 1.85 bits per heavy atom. The van der Waals surface area contributed by atoms with Gasteiger partial charge in [0, 0.05) is 5.38 Å². The molecule has 0 unspecified atom stereocenters. The molecule has 1 radical (unpaired) electrons. The predicted molar refractivity (Wildman–Crippen MR) is 48.2 cm³/mol. The van der Waals surface area contributed by atoms with Gasteiger partial charge in [0.1, 0.15) is 12.8 Å². The van der Waals surface area contributed by atoms with Crippen LogP contribution in [0.2, 0.25) is 0 Å². The molecule has 13 heavy (non-hydrogen) atoms. The van der Waals surface area contributed by atoms with Gasteiger partial charge < -0.3 is 10.6 Å². The highest BCUT2D eigenvalue weighted by molar-refractivity contribution is 7.13. The minimum absolute atomic E-state index is 0.143. The number of hydrogen-bond donors (Lipinski definition) is 1. The Hall–Kier alpha value is -1.63. The topological polar surface area (TPSA) is 101 Å². The summed E-state index contributed by atoms with van der Waals surface area (Å²) < 4.78 is 0. The van der Waals surface area contributed by atoms with Gasteiger partial charge in [0.05, 0.1) is 0 Å². The Kier molecular flexibility index (Phi) is 2.80. The van der Waals surface area contributed by atoms with Crippen LogP contribution >= 0.6 is 11.3 Å². The molecule has 7 heteroatoms. The second kappa shape index (κ2) is 3.85. The standard InChI is InChI=1S/C6H7N4O2S/c1-12-10-4(5(7)11)3-2-13-6(8)9-3/h2,7H,1H3,(H2,8,9). The van der Waals surface area contributed by atoms with Gasteiger partial charge in [0.15, 0.2) is 10.8 Å². The molecule has 1 heterocycles. The fraction of sp³-hybridized carbons (Fsp3) is 0.167. The van der Waals surface area contributed by atoms with Crippen molar-refractivity contribution in [3.63, 3.8) is 0 Å². The zero-order valence-electron chi connectivity index (χ0n) is 6.77. The van der Waals surface area contributed by atoms with E-state index in [0.717, 1.165) is 0 Å². The molecule has 0 aliphatic heterocycles. The highest BCUT2D eigenvalue weighted by Crippen LogP contribution is 2.12. The number of nitrogens with one attached hydrogen (secondary N) is 1. The number of rotatable bonds is 3. The van der Waals surface area contributed by atoms with Crippen LogP contribution in [0, 0.1) is 0 Å². The van der Waals surface area contributed by atoms with Crippen LogP contribution in [0.4, 0.5) is 5.13 Å². The number of carbonyl (C=O) groups is 1. The molecular formula is C6H7N4O2S. The van der Waals surface area contributed by atoms with Gasteiger partial charge in [-0.15, -0.1) is 11.3 Å². The number of nitrogens with two attached hydrogens (primary N) is 1. The van der Waals surface area contributed by atoms with Gasteiger partial charge in [0.25, 0.3) is 5.91 Å². The van der Waals surface area contributed by atoms with E-state index in [4.69, 9.17) is 11.5 Å². The Balaban J connectivity index is 3.02. The van der Waals surface area contributed by atoms with Gasteiger partial charge in [-0.2, -0.15) is 0 Å². The van der Waals surface area contributed by atoms with Gasteiger partial charge in [-0.25, -0.2) is 4.98 Å². The maximum atomic E-state index is 10.7. The van der Waals surface area contributed by atoms with Crippen molar-refractivity contribution >= 4 is 28.1 Å². The number of aromatic nitrogens is 1. The molecular weight excluding hydrogens is 192 g/mol. The van der Waals surface area contributed by atoms with Gasteiger partial charge in [-0.1, -0.05) is 5.16 Å². The molecule has 0 saturated heterocycles. The van der Waals surface area contributed by atoms with Crippen molar-refractivity contribution < 1.29 is 9.63 Å². The van der Waals surface area contributed by atoms with E-state index in [1.165, 1.54) is 18.4 Å². The zero-order chi connectivity index (χ0) is 9.84. The van der Waals surface area contributed by atoms with Crippen LogP contribution in [-0.2, 0) is 9.63 Å². The number of carbonyl (C=O) groups excluding carboxylic acids is 1. The molecule has 3 N–H and O–H groups in total. The normalized spacial score (nSPS) is 11.3. The van der Waals surface area contributed by atoms with E-state index in [1.807, 2.05) is 0 Å². The lowest BCUT2D eigenvalue weighted by Crippen LogP contribution is -2.17. The fourth-order valence-electron chi connectivity index (χ4n) is 0.692. The Morgan fingerprint density at radius 3 is 2.92 bits per heavy atom. The zero-order valence-corrected chi connectivity index (χ0v) is 7.59. The number of thiazole rings is 1. The molecule has 0 atom stereocenters. The summed E-state index contributed by atoms with van der Waals surface area (Å²) >= 11 is 1.17. The highest BCUT2D eigenvalue weighted by Gasteiger charge is 2.15. The van der Waals surface area contributed by atoms with E-state index in [1.54, 1.807) is 5.38 Å². The number of anilines is 1. The molecule has 0 spiro atoms. The molecule has 1 rings (SSSR count). The molecule has 0 fully saturated rings. The van der Waals surface area contributed by atoms with Crippen LogP contribution in [-0.4, -0.2) is 23.7 Å². The summed E-state index contributed by atoms with van der Waals surface area (Å²) in [5.41, 5.74) is 12.3. The molecule has 6 nitrogen and oxygen atoms in total. The van der Waals surface area contributed by atoms with Crippen LogP contribution in [0.25, 0.3) is 0 Å². The molecule has 1 aromatic rings. The molecule has 0 aromatic carbocycles. The van der Waals surface area contributed by atoms with Crippen molar-refractivity contribution in [1.82, 2.24) is 10.7 Å². The maximum absolute atomic E-state index is 10.7. The summed E-state index contributed by atoms with van der Waals surface area (Å²) in [5.74, 6) is -0.952. The number of hydrogen-bond acceptors (Lipinski definition) is 6. The van der Waals surface area contributed by atoms with Crippen LogP contribution in [0.1, 0.15) is 5.69 Å². The smallest absolute Gasteiger partial charge is 0.294 e. The maximum Gasteiger partial charge on any atom is 0.294 e. The van der Waals surface area contributed by atoms with E-state index in [0.29, 0.717) is 5.13 Å². The number of nitrogen functional groups attached to an aromatic ring is 1. The van der Waals surface area contributed by atoms with Crippen LogP contribution in [0.3, 0.4) is 0 Å². The van der Waals surface area contributed by atoms with Crippen molar-refractivity contribution in [2.75, 3.05) is 12.8 Å². The third kappa shape index (κ3) is 2.15. The summed E-state index contributed by atoms with van der Waals surface area (Å²) in [6.45, 7) is 0. The average Bonchev–Trinajstić information content (AvgIpc) is 2.46. The summed E-state index contributed by atoms with van der Waals surface area (Å²) in [7, 11) is 1.29. The minimum atomic E-state index is -0.952. The second-order valence-electron chi connectivity index (χ2n) is 2.02. The lowest BCUT2D eigenvalue weighted by molar-refractivity contribution is -0.112. The van der Waals surface area contributed by atoms with Gasteiger partial charge in [-0.3, -0.25) is 10.5 Å². The molecule has 0 saturated carbocycles. The molecule has 0 bridgehead atoms. The van der Waals surface area contributed by atoms with Crippen molar-refractivity contribution in [2.24, 2.45) is 5.16 Å². The quantitative estimate of drug-likeness (QED) is 0.541. The lowest BCUT2D eigenvalue weighted by Gasteiger charge is -1.94. The fourth-order valence-corrected chi connectivity index (χ4v) is 1.24. The minimum Gasteiger partial charge on any atom is -0.398 e. The first-order valence-electron chi connectivity index (χ1n) is 3.23. The van der Waals surface area contributed by atoms with Gasteiger partial charge in [-0.05, 0) is 0 Å². The molecule has 0 aliphatic rings.